The molecule has 0 aliphatic carbocycles. The SMILES string of the molecule is C=C.[Ca+2].[O-2]. The van der Waals surface area contributed by atoms with Crippen molar-refractivity contribution in [3.63, 3.8) is 0 Å². The Morgan fingerprint density at radius 3 is 1.00 bits per heavy atom. The minimum absolute atomic E-state index is 0. The molecule has 0 atom stereocenters. The van der Waals surface area contributed by atoms with Crippen molar-refractivity contribution in [2.24, 2.45) is 0 Å². The van der Waals surface area contributed by atoms with Crippen LogP contribution in [0.2, 0.25) is 0 Å². The predicted molar refractivity (Wildman–Crippen MR) is 17.7 cm³/mol. The van der Waals surface area contributed by atoms with E-state index in [1.165, 1.54) is 0 Å². The first-order valence-corrected chi connectivity index (χ1v) is 0.500. The average Bonchev–Trinajstić information content (AvgIpc) is 1.00. The predicted octanol–water partition coefficient (Wildman–Crippen LogP) is 0.303. The summed E-state index contributed by atoms with van der Waals surface area (Å²) in [6, 6.07) is 0. The second kappa shape index (κ2) is 37.7. The molecule has 1 nitrogen and oxygen atoms in total. The smallest absolute Gasteiger partial charge is 2.00 e. The third-order valence-electron chi connectivity index (χ3n) is 0. The second-order valence-corrected chi connectivity index (χ2v) is 0. The molecule has 0 aromatic carbocycles. The van der Waals surface area contributed by atoms with Gasteiger partial charge in [0.05, 0.1) is 0 Å². The maximum atomic E-state index is 3.00. The van der Waals surface area contributed by atoms with E-state index in [4.69, 9.17) is 0 Å². The van der Waals surface area contributed by atoms with Crippen LogP contribution in [0.15, 0.2) is 13.2 Å². The zero-order valence-corrected chi connectivity index (χ0v) is 4.74. The summed E-state index contributed by atoms with van der Waals surface area (Å²) in [7, 11) is 0. The standard InChI is InChI=1S/C2H4.Ca.O/c1-2;;/h1-2H2;;/q;+2;-2. The molecule has 0 spiro atoms. The van der Waals surface area contributed by atoms with Crippen LogP contribution < -0.4 is 0 Å². The van der Waals surface area contributed by atoms with Crippen LogP contribution >= 0.6 is 0 Å². The van der Waals surface area contributed by atoms with E-state index in [0.29, 0.717) is 0 Å². The van der Waals surface area contributed by atoms with Gasteiger partial charge in [-0.15, -0.1) is 13.2 Å². The van der Waals surface area contributed by atoms with Crippen LogP contribution in [-0.2, 0) is 5.48 Å². The van der Waals surface area contributed by atoms with Crippen LogP contribution in [0.25, 0.3) is 0 Å². The Kier molecular flexibility index (Phi) is 191. The fraction of sp³-hybridized carbons (Fsp3) is 0. The van der Waals surface area contributed by atoms with Gasteiger partial charge < -0.3 is 5.48 Å². The summed E-state index contributed by atoms with van der Waals surface area (Å²) in [4.78, 5) is 0. The normalized spacial score (nSPS) is 1.00. The van der Waals surface area contributed by atoms with Crippen molar-refractivity contribution < 1.29 is 5.48 Å². The topological polar surface area (TPSA) is 28.5 Å². The van der Waals surface area contributed by atoms with Crippen LogP contribution in [0, 0.1) is 0 Å². The van der Waals surface area contributed by atoms with Crippen LogP contribution in [0.1, 0.15) is 0 Å². The van der Waals surface area contributed by atoms with Gasteiger partial charge in [-0.1, -0.05) is 0 Å². The first-order chi connectivity index (χ1) is 1.00. The minimum atomic E-state index is 0. The van der Waals surface area contributed by atoms with E-state index < -0.39 is 0 Å². The van der Waals surface area contributed by atoms with E-state index in [9.17, 15) is 0 Å². The molecule has 0 amide bonds. The molecular weight excluding hydrogens is 80.1 g/mol. The van der Waals surface area contributed by atoms with Crippen molar-refractivity contribution in [3.8, 4) is 0 Å². The maximum absolute atomic E-state index is 3.00. The molecule has 0 aromatic rings. The van der Waals surface area contributed by atoms with E-state index in [2.05, 4.69) is 13.2 Å². The molecule has 0 heterocycles. The first kappa shape index (κ1) is 20.2. The molecule has 0 rings (SSSR count). The minimum Gasteiger partial charge on any atom is -2.00 e. The number of hydrogen-bond acceptors (Lipinski definition) is 0. The molecule has 0 saturated carbocycles. The summed E-state index contributed by atoms with van der Waals surface area (Å²) in [5.41, 5.74) is 0. The van der Waals surface area contributed by atoms with Gasteiger partial charge in [-0.3, -0.25) is 0 Å². The van der Waals surface area contributed by atoms with E-state index in [1.807, 2.05) is 0 Å². The van der Waals surface area contributed by atoms with Crippen LogP contribution in [0.3, 0.4) is 0 Å². The van der Waals surface area contributed by atoms with Crippen LogP contribution in [0.5, 0.6) is 0 Å². The Morgan fingerprint density at radius 2 is 1.00 bits per heavy atom. The molecule has 4 heavy (non-hydrogen) atoms. The molecule has 0 N–H and O–H groups in total. The Hall–Kier alpha value is 0.960. The van der Waals surface area contributed by atoms with E-state index in [-0.39, 0.29) is 43.2 Å². The Bertz CT molecular complexity index is 6.00. The van der Waals surface area contributed by atoms with Crippen molar-refractivity contribution >= 4 is 37.7 Å². The van der Waals surface area contributed by atoms with Gasteiger partial charge in [-0.25, -0.2) is 0 Å². The van der Waals surface area contributed by atoms with Gasteiger partial charge in [0.15, 0.2) is 0 Å². The van der Waals surface area contributed by atoms with Gasteiger partial charge in [0.25, 0.3) is 0 Å². The molecule has 0 bridgehead atoms. The fourth-order valence-electron chi connectivity index (χ4n) is 0. The second-order valence-electron chi connectivity index (χ2n) is 0. The molecule has 0 aliphatic rings. The molecule has 0 aliphatic heterocycles. The average molecular weight is 84.1 g/mol. The van der Waals surface area contributed by atoms with E-state index in [1.54, 1.807) is 0 Å². The zero-order valence-electron chi connectivity index (χ0n) is 2.53. The molecule has 20 valence electrons. The molecule has 0 saturated heterocycles. The van der Waals surface area contributed by atoms with Crippen molar-refractivity contribution in [1.82, 2.24) is 0 Å². The van der Waals surface area contributed by atoms with Gasteiger partial charge in [-0.2, -0.15) is 0 Å². The van der Waals surface area contributed by atoms with Crippen molar-refractivity contribution in [1.29, 1.82) is 0 Å². The molecule has 2 heteroatoms. The molecular formula is C2H4CaO. The van der Waals surface area contributed by atoms with Crippen LogP contribution in [-0.4, -0.2) is 37.7 Å². The zero-order chi connectivity index (χ0) is 2.00. The summed E-state index contributed by atoms with van der Waals surface area (Å²) in [6.45, 7) is 6.00. The Balaban J connectivity index is -0.00000000500. The molecule has 0 unspecified atom stereocenters. The summed E-state index contributed by atoms with van der Waals surface area (Å²) in [5.74, 6) is 0. The third-order valence-corrected chi connectivity index (χ3v) is 0. The molecule has 0 radical (unpaired) electrons. The Labute approximate surface area is 56.0 Å². The van der Waals surface area contributed by atoms with Gasteiger partial charge in [0.2, 0.25) is 0 Å². The van der Waals surface area contributed by atoms with Crippen molar-refractivity contribution in [2.45, 2.75) is 0 Å². The molecule has 0 aromatic heterocycles. The largest absolute Gasteiger partial charge is 2.00 e. The maximum Gasteiger partial charge on any atom is 2.00 e. The van der Waals surface area contributed by atoms with E-state index in [0.717, 1.165) is 0 Å². The van der Waals surface area contributed by atoms with Crippen LogP contribution in [0.4, 0.5) is 0 Å². The van der Waals surface area contributed by atoms with Gasteiger partial charge in [0.1, 0.15) is 0 Å². The monoisotopic (exact) mass is 84.0 g/mol. The fourth-order valence-corrected chi connectivity index (χ4v) is 0. The molecule has 0 fully saturated rings. The summed E-state index contributed by atoms with van der Waals surface area (Å²) < 4.78 is 0. The van der Waals surface area contributed by atoms with Gasteiger partial charge in [-0.05, 0) is 0 Å². The summed E-state index contributed by atoms with van der Waals surface area (Å²) in [5, 5.41) is 0. The summed E-state index contributed by atoms with van der Waals surface area (Å²) >= 11 is 0. The summed E-state index contributed by atoms with van der Waals surface area (Å²) in [6.07, 6.45) is 0. The third kappa shape index (κ3) is 12.3. The van der Waals surface area contributed by atoms with E-state index >= 15 is 0 Å². The number of hydrogen-bond donors (Lipinski definition) is 0. The van der Waals surface area contributed by atoms with Gasteiger partial charge in [0, 0.05) is 0 Å². The van der Waals surface area contributed by atoms with Crippen molar-refractivity contribution in [3.05, 3.63) is 13.2 Å². The Morgan fingerprint density at radius 1 is 1.00 bits per heavy atom. The van der Waals surface area contributed by atoms with Gasteiger partial charge >= 0.3 is 37.7 Å². The quantitative estimate of drug-likeness (QED) is 0.298. The number of rotatable bonds is 0. The van der Waals surface area contributed by atoms with Crippen molar-refractivity contribution in [2.75, 3.05) is 0 Å². The first-order valence-electron chi connectivity index (χ1n) is 0.500.